The van der Waals surface area contributed by atoms with Crippen molar-refractivity contribution in [1.82, 2.24) is 5.32 Å². The van der Waals surface area contributed by atoms with E-state index < -0.39 is 0 Å². The maximum Gasteiger partial charge on any atom is 0.296 e. The van der Waals surface area contributed by atoms with Crippen molar-refractivity contribution >= 4 is 5.91 Å². The molecule has 0 radical (unpaired) electrons. The summed E-state index contributed by atoms with van der Waals surface area (Å²) in [6.45, 7) is 4.71. The van der Waals surface area contributed by atoms with E-state index in [0.29, 0.717) is 6.54 Å². The second-order valence-corrected chi connectivity index (χ2v) is 3.37. The monoisotopic (exact) mass is 201 g/mol. The van der Waals surface area contributed by atoms with Crippen LogP contribution in [-0.2, 0) is 4.79 Å². The van der Waals surface area contributed by atoms with Gasteiger partial charge in [0.1, 0.15) is 0 Å². The molecule has 0 spiro atoms. The molecule has 78 valence electrons. The molecule has 2 nitrogen and oxygen atoms in total. The molecule has 0 saturated carbocycles. The number of nitrogens with one attached hydrogen (secondary N) is 1. The second kappa shape index (κ2) is 5.87. The smallest absolute Gasteiger partial charge is 0.296 e. The van der Waals surface area contributed by atoms with Crippen LogP contribution in [0.15, 0.2) is 24.3 Å². The number of amides is 1. The Kier molecular flexibility index (Phi) is 4.43. The summed E-state index contributed by atoms with van der Waals surface area (Å²) < 4.78 is 0. The third-order valence-corrected chi connectivity index (χ3v) is 1.91. The minimum Gasteiger partial charge on any atom is -0.345 e. The molecule has 0 aromatic heterocycles. The standard InChI is InChI=1S/C13H15NO/c1-3-10-14-13(15)9-8-12-6-4-11(2)5-7-12/h4-7H,3,10H2,1-2H3,(H,14,15). The van der Waals surface area contributed by atoms with Crippen molar-refractivity contribution in [2.75, 3.05) is 6.54 Å². The van der Waals surface area contributed by atoms with E-state index in [1.807, 2.05) is 38.1 Å². The van der Waals surface area contributed by atoms with E-state index in [9.17, 15) is 4.79 Å². The molecule has 0 saturated heterocycles. The largest absolute Gasteiger partial charge is 0.345 e. The van der Waals surface area contributed by atoms with Gasteiger partial charge in [-0.05, 0) is 25.5 Å². The molecular weight excluding hydrogens is 186 g/mol. The van der Waals surface area contributed by atoms with Crippen LogP contribution in [-0.4, -0.2) is 12.5 Å². The van der Waals surface area contributed by atoms with Gasteiger partial charge in [0, 0.05) is 18.0 Å². The van der Waals surface area contributed by atoms with Gasteiger partial charge in [0.2, 0.25) is 0 Å². The number of benzene rings is 1. The van der Waals surface area contributed by atoms with Crippen molar-refractivity contribution in [3.63, 3.8) is 0 Å². The van der Waals surface area contributed by atoms with Crippen LogP contribution >= 0.6 is 0 Å². The lowest BCUT2D eigenvalue weighted by Crippen LogP contribution is -2.21. The summed E-state index contributed by atoms with van der Waals surface area (Å²) in [7, 11) is 0. The Hall–Kier alpha value is -1.75. The fourth-order valence-electron chi connectivity index (χ4n) is 1.05. The Labute approximate surface area is 90.7 Å². The summed E-state index contributed by atoms with van der Waals surface area (Å²) in [5, 5.41) is 2.70. The van der Waals surface area contributed by atoms with Gasteiger partial charge in [0.15, 0.2) is 0 Å². The molecule has 0 bridgehead atoms. The van der Waals surface area contributed by atoms with Gasteiger partial charge in [0.05, 0.1) is 0 Å². The second-order valence-electron chi connectivity index (χ2n) is 3.37. The summed E-state index contributed by atoms with van der Waals surface area (Å²) in [5.74, 6) is 5.16. The highest BCUT2D eigenvalue weighted by Gasteiger charge is 1.91. The SMILES string of the molecule is CCCNC(=O)C#Cc1ccc(C)cc1. The topological polar surface area (TPSA) is 29.1 Å². The van der Waals surface area contributed by atoms with Gasteiger partial charge in [-0.3, -0.25) is 4.79 Å². The highest BCUT2D eigenvalue weighted by atomic mass is 16.1. The number of hydrogen-bond donors (Lipinski definition) is 1. The number of carbonyl (C=O) groups is 1. The first-order valence-corrected chi connectivity index (χ1v) is 5.09. The molecule has 0 aliphatic rings. The maximum absolute atomic E-state index is 11.2. The molecular formula is C13H15NO. The molecule has 0 heterocycles. The van der Waals surface area contributed by atoms with Crippen LogP contribution in [0, 0.1) is 18.8 Å². The lowest BCUT2D eigenvalue weighted by atomic mass is 10.1. The predicted octanol–water partition coefficient (Wildman–Crippen LogP) is 1.87. The van der Waals surface area contributed by atoms with E-state index in [1.54, 1.807) is 0 Å². The van der Waals surface area contributed by atoms with E-state index >= 15 is 0 Å². The van der Waals surface area contributed by atoms with Crippen LogP contribution in [0.4, 0.5) is 0 Å². The zero-order valence-electron chi connectivity index (χ0n) is 9.13. The predicted molar refractivity (Wildman–Crippen MR) is 61.4 cm³/mol. The van der Waals surface area contributed by atoms with E-state index in [0.717, 1.165) is 12.0 Å². The molecule has 0 fully saturated rings. The first-order chi connectivity index (χ1) is 7.22. The summed E-state index contributed by atoms with van der Waals surface area (Å²) in [6.07, 6.45) is 0.929. The highest BCUT2D eigenvalue weighted by Crippen LogP contribution is 2.00. The molecule has 1 rings (SSSR count). The van der Waals surface area contributed by atoms with Crippen molar-refractivity contribution in [3.8, 4) is 11.8 Å². The van der Waals surface area contributed by atoms with Gasteiger partial charge in [0.25, 0.3) is 5.91 Å². The third-order valence-electron chi connectivity index (χ3n) is 1.91. The molecule has 1 amide bonds. The molecule has 1 aromatic rings. The van der Waals surface area contributed by atoms with Crippen molar-refractivity contribution in [1.29, 1.82) is 0 Å². The average Bonchev–Trinajstić information content (AvgIpc) is 2.25. The van der Waals surface area contributed by atoms with Crippen LogP contribution < -0.4 is 5.32 Å². The van der Waals surface area contributed by atoms with Crippen molar-refractivity contribution in [2.45, 2.75) is 20.3 Å². The summed E-state index contributed by atoms with van der Waals surface area (Å²) in [5.41, 5.74) is 2.06. The Balaban J connectivity index is 2.57. The Morgan fingerprint density at radius 2 is 2.00 bits per heavy atom. The van der Waals surface area contributed by atoms with Crippen LogP contribution in [0.3, 0.4) is 0 Å². The van der Waals surface area contributed by atoms with Gasteiger partial charge in [-0.25, -0.2) is 0 Å². The summed E-state index contributed by atoms with van der Waals surface area (Å²) in [4.78, 5) is 11.2. The third kappa shape index (κ3) is 4.33. The molecule has 0 atom stereocenters. The molecule has 0 aliphatic heterocycles. The van der Waals surface area contributed by atoms with E-state index in [-0.39, 0.29) is 5.91 Å². The van der Waals surface area contributed by atoms with Gasteiger partial charge < -0.3 is 5.32 Å². The Morgan fingerprint density at radius 1 is 1.33 bits per heavy atom. The maximum atomic E-state index is 11.2. The molecule has 0 aliphatic carbocycles. The highest BCUT2D eigenvalue weighted by molar-refractivity contribution is 5.94. The van der Waals surface area contributed by atoms with Crippen LogP contribution in [0.2, 0.25) is 0 Å². The molecule has 15 heavy (non-hydrogen) atoms. The van der Waals surface area contributed by atoms with Gasteiger partial charge >= 0.3 is 0 Å². The molecule has 1 aromatic carbocycles. The van der Waals surface area contributed by atoms with Crippen molar-refractivity contribution < 1.29 is 4.79 Å². The lowest BCUT2D eigenvalue weighted by molar-refractivity contribution is -0.115. The number of aryl methyl sites for hydroxylation is 1. The fourth-order valence-corrected chi connectivity index (χ4v) is 1.05. The van der Waals surface area contributed by atoms with Crippen molar-refractivity contribution in [3.05, 3.63) is 35.4 Å². The quantitative estimate of drug-likeness (QED) is 0.727. The average molecular weight is 201 g/mol. The van der Waals surface area contributed by atoms with Gasteiger partial charge in [-0.1, -0.05) is 30.5 Å². The Bertz CT molecular complexity index is 381. The Morgan fingerprint density at radius 3 is 2.60 bits per heavy atom. The van der Waals surface area contributed by atoms with E-state index in [4.69, 9.17) is 0 Å². The van der Waals surface area contributed by atoms with Crippen LogP contribution in [0.5, 0.6) is 0 Å². The van der Waals surface area contributed by atoms with E-state index in [1.165, 1.54) is 5.56 Å². The van der Waals surface area contributed by atoms with E-state index in [2.05, 4.69) is 17.2 Å². The van der Waals surface area contributed by atoms with Crippen molar-refractivity contribution in [2.24, 2.45) is 0 Å². The molecule has 0 unspecified atom stereocenters. The first-order valence-electron chi connectivity index (χ1n) is 5.09. The summed E-state index contributed by atoms with van der Waals surface area (Å²) >= 11 is 0. The number of rotatable bonds is 2. The first kappa shape index (κ1) is 11.3. The molecule has 1 N–H and O–H groups in total. The summed E-state index contributed by atoms with van der Waals surface area (Å²) in [6, 6.07) is 7.78. The normalized spacial score (nSPS) is 8.93. The minimum atomic E-state index is -0.211. The lowest BCUT2D eigenvalue weighted by Gasteiger charge is -1.94. The number of carbonyl (C=O) groups excluding carboxylic acids is 1. The minimum absolute atomic E-state index is 0.211. The number of hydrogen-bond acceptors (Lipinski definition) is 1. The zero-order chi connectivity index (χ0) is 11.1. The molecule has 2 heteroatoms. The van der Waals surface area contributed by atoms with Gasteiger partial charge in [-0.2, -0.15) is 0 Å². The van der Waals surface area contributed by atoms with Gasteiger partial charge in [-0.15, -0.1) is 0 Å². The van der Waals surface area contributed by atoms with Crippen LogP contribution in [0.1, 0.15) is 24.5 Å². The van der Waals surface area contributed by atoms with Crippen LogP contribution in [0.25, 0.3) is 0 Å². The fraction of sp³-hybridized carbons (Fsp3) is 0.308. The zero-order valence-corrected chi connectivity index (χ0v) is 9.13.